The molecule has 0 aliphatic rings. The van der Waals surface area contributed by atoms with E-state index < -0.39 is 4.92 Å². The zero-order chi connectivity index (χ0) is 15.8. The van der Waals surface area contributed by atoms with Crippen LogP contribution in [0.5, 0.6) is 0 Å². The lowest BCUT2D eigenvalue weighted by molar-refractivity contribution is -0.384. The molecule has 7 heteroatoms. The lowest BCUT2D eigenvalue weighted by Crippen LogP contribution is -2.26. The van der Waals surface area contributed by atoms with E-state index in [1.807, 2.05) is 32.3 Å². The number of nitrogens with zero attached hydrogens (tertiary/aromatic N) is 4. The van der Waals surface area contributed by atoms with E-state index in [1.54, 1.807) is 12.1 Å². The Morgan fingerprint density at radius 3 is 2.52 bits per heavy atom. The first-order valence-corrected chi connectivity index (χ1v) is 6.66. The Morgan fingerprint density at radius 2 is 2.00 bits per heavy atom. The molecule has 0 saturated heterocycles. The molecule has 0 fully saturated rings. The first-order valence-electron chi connectivity index (χ1n) is 6.66. The van der Waals surface area contributed by atoms with Gasteiger partial charge in [0.25, 0.3) is 5.69 Å². The standard InChI is InChI=1S/C14H19N5O2/c1-9-5-6-11(19(20)21)10(7-9)13-17-16-12(8-15)18(13)14(2,3)4/h5-7H,8,15H2,1-4H3. The summed E-state index contributed by atoms with van der Waals surface area (Å²) >= 11 is 0. The van der Waals surface area contributed by atoms with Crippen molar-refractivity contribution in [2.24, 2.45) is 5.73 Å². The normalized spacial score (nSPS) is 11.7. The first kappa shape index (κ1) is 15.1. The minimum atomic E-state index is -0.404. The molecular formula is C14H19N5O2. The third-order valence-electron chi connectivity index (χ3n) is 3.17. The lowest BCUT2D eigenvalue weighted by atomic mass is 10.0. The molecular weight excluding hydrogens is 270 g/mol. The molecule has 2 aromatic rings. The fourth-order valence-corrected chi connectivity index (χ4v) is 2.32. The van der Waals surface area contributed by atoms with Crippen LogP contribution in [-0.2, 0) is 12.1 Å². The highest BCUT2D eigenvalue weighted by Gasteiger charge is 2.27. The Kier molecular flexibility index (Phi) is 3.78. The highest BCUT2D eigenvalue weighted by atomic mass is 16.6. The Balaban J connectivity index is 2.76. The number of hydrogen-bond acceptors (Lipinski definition) is 5. The molecule has 7 nitrogen and oxygen atoms in total. The van der Waals surface area contributed by atoms with Crippen molar-refractivity contribution in [2.45, 2.75) is 39.8 Å². The van der Waals surface area contributed by atoms with Crippen LogP contribution in [0.2, 0.25) is 0 Å². The van der Waals surface area contributed by atoms with Crippen LogP contribution in [0.3, 0.4) is 0 Å². The Morgan fingerprint density at radius 1 is 1.33 bits per heavy atom. The van der Waals surface area contributed by atoms with Gasteiger partial charge in [-0.25, -0.2) is 0 Å². The van der Waals surface area contributed by atoms with Gasteiger partial charge in [-0.3, -0.25) is 10.1 Å². The Hall–Kier alpha value is -2.28. The summed E-state index contributed by atoms with van der Waals surface area (Å²) in [5.41, 5.74) is 6.78. The van der Waals surface area contributed by atoms with Crippen LogP contribution in [0.1, 0.15) is 32.2 Å². The monoisotopic (exact) mass is 289 g/mol. The van der Waals surface area contributed by atoms with Gasteiger partial charge in [-0.2, -0.15) is 0 Å². The average Bonchev–Trinajstić information content (AvgIpc) is 2.81. The van der Waals surface area contributed by atoms with E-state index in [-0.39, 0.29) is 17.8 Å². The van der Waals surface area contributed by atoms with Gasteiger partial charge in [0.05, 0.1) is 17.0 Å². The molecule has 0 atom stereocenters. The summed E-state index contributed by atoms with van der Waals surface area (Å²) in [5, 5.41) is 19.5. The molecule has 1 heterocycles. The van der Waals surface area contributed by atoms with Crippen LogP contribution in [0.4, 0.5) is 5.69 Å². The van der Waals surface area contributed by atoms with Crippen LogP contribution in [0.15, 0.2) is 18.2 Å². The molecule has 1 aromatic carbocycles. The predicted molar refractivity (Wildman–Crippen MR) is 79.7 cm³/mol. The fourth-order valence-electron chi connectivity index (χ4n) is 2.32. The van der Waals surface area contributed by atoms with Gasteiger partial charge in [0.15, 0.2) is 5.82 Å². The second kappa shape index (κ2) is 5.25. The van der Waals surface area contributed by atoms with E-state index in [1.165, 1.54) is 6.07 Å². The van der Waals surface area contributed by atoms with Gasteiger partial charge in [0, 0.05) is 11.6 Å². The van der Waals surface area contributed by atoms with Gasteiger partial charge in [0.2, 0.25) is 0 Å². The van der Waals surface area contributed by atoms with E-state index >= 15 is 0 Å². The lowest BCUT2D eigenvalue weighted by Gasteiger charge is -2.24. The molecule has 2 N–H and O–H groups in total. The van der Waals surface area contributed by atoms with Crippen LogP contribution >= 0.6 is 0 Å². The number of benzene rings is 1. The summed E-state index contributed by atoms with van der Waals surface area (Å²) < 4.78 is 1.86. The number of aryl methyl sites for hydroxylation is 1. The van der Waals surface area contributed by atoms with Gasteiger partial charge in [-0.15, -0.1) is 10.2 Å². The van der Waals surface area contributed by atoms with Crippen molar-refractivity contribution in [3.63, 3.8) is 0 Å². The summed E-state index contributed by atoms with van der Waals surface area (Å²) in [6.07, 6.45) is 0. The fraction of sp³-hybridized carbons (Fsp3) is 0.429. The molecule has 0 aliphatic heterocycles. The topological polar surface area (TPSA) is 99.9 Å². The van der Waals surface area contributed by atoms with E-state index in [9.17, 15) is 10.1 Å². The van der Waals surface area contributed by atoms with Gasteiger partial charge in [0.1, 0.15) is 5.82 Å². The predicted octanol–water partition coefficient (Wildman–Crippen LogP) is 2.38. The van der Waals surface area contributed by atoms with E-state index in [0.717, 1.165) is 5.56 Å². The minimum absolute atomic E-state index is 0.0158. The van der Waals surface area contributed by atoms with Crippen molar-refractivity contribution in [2.75, 3.05) is 0 Å². The van der Waals surface area contributed by atoms with E-state index in [0.29, 0.717) is 17.2 Å². The van der Waals surface area contributed by atoms with Crippen molar-refractivity contribution in [3.05, 3.63) is 39.7 Å². The van der Waals surface area contributed by atoms with Crippen molar-refractivity contribution in [1.82, 2.24) is 14.8 Å². The summed E-state index contributed by atoms with van der Waals surface area (Å²) in [7, 11) is 0. The highest BCUT2D eigenvalue weighted by Crippen LogP contribution is 2.33. The minimum Gasteiger partial charge on any atom is -0.324 e. The molecule has 0 amide bonds. The SMILES string of the molecule is Cc1ccc([N+](=O)[O-])c(-c2nnc(CN)n2C(C)(C)C)c1. The zero-order valence-electron chi connectivity index (χ0n) is 12.6. The average molecular weight is 289 g/mol. The number of nitrogens with two attached hydrogens (primary N) is 1. The maximum atomic E-state index is 11.3. The maximum Gasteiger partial charge on any atom is 0.280 e. The summed E-state index contributed by atoms with van der Waals surface area (Å²) in [6, 6.07) is 4.96. The summed E-state index contributed by atoms with van der Waals surface area (Å²) in [5.74, 6) is 1.08. The quantitative estimate of drug-likeness (QED) is 0.690. The summed E-state index contributed by atoms with van der Waals surface area (Å²) in [6.45, 7) is 8.07. The first-order chi connectivity index (χ1) is 9.75. The van der Waals surface area contributed by atoms with Gasteiger partial charge in [-0.05, 0) is 39.3 Å². The van der Waals surface area contributed by atoms with Gasteiger partial charge < -0.3 is 10.3 Å². The molecule has 0 bridgehead atoms. The maximum absolute atomic E-state index is 11.3. The number of nitro benzene ring substituents is 1. The number of nitro groups is 1. The van der Waals surface area contributed by atoms with Crippen LogP contribution < -0.4 is 5.73 Å². The molecule has 0 spiro atoms. The Labute approximate surface area is 122 Å². The molecule has 0 aliphatic carbocycles. The van der Waals surface area contributed by atoms with Crippen molar-refractivity contribution >= 4 is 5.69 Å². The van der Waals surface area contributed by atoms with E-state index in [4.69, 9.17) is 5.73 Å². The highest BCUT2D eigenvalue weighted by molar-refractivity contribution is 5.69. The largest absolute Gasteiger partial charge is 0.324 e. The number of hydrogen-bond donors (Lipinski definition) is 1. The number of aromatic nitrogens is 3. The smallest absolute Gasteiger partial charge is 0.280 e. The van der Waals surface area contributed by atoms with Crippen LogP contribution in [0, 0.1) is 17.0 Å². The molecule has 21 heavy (non-hydrogen) atoms. The summed E-state index contributed by atoms with van der Waals surface area (Å²) in [4.78, 5) is 10.9. The third-order valence-corrected chi connectivity index (χ3v) is 3.17. The van der Waals surface area contributed by atoms with Crippen molar-refractivity contribution in [1.29, 1.82) is 0 Å². The second-order valence-corrected chi connectivity index (χ2v) is 5.93. The molecule has 2 rings (SSSR count). The van der Waals surface area contributed by atoms with Crippen molar-refractivity contribution in [3.8, 4) is 11.4 Å². The van der Waals surface area contributed by atoms with Gasteiger partial charge >= 0.3 is 0 Å². The molecule has 0 unspecified atom stereocenters. The second-order valence-electron chi connectivity index (χ2n) is 5.93. The van der Waals surface area contributed by atoms with Gasteiger partial charge in [-0.1, -0.05) is 6.07 Å². The molecule has 0 saturated carbocycles. The van der Waals surface area contributed by atoms with E-state index in [2.05, 4.69) is 10.2 Å². The molecule has 112 valence electrons. The number of rotatable bonds is 3. The van der Waals surface area contributed by atoms with Crippen LogP contribution in [-0.4, -0.2) is 19.7 Å². The Bertz CT molecular complexity index is 685. The third kappa shape index (κ3) is 2.78. The molecule has 0 radical (unpaired) electrons. The van der Waals surface area contributed by atoms with Crippen LogP contribution in [0.25, 0.3) is 11.4 Å². The zero-order valence-corrected chi connectivity index (χ0v) is 12.6. The molecule has 1 aromatic heterocycles. The van der Waals surface area contributed by atoms with Crippen molar-refractivity contribution < 1.29 is 4.92 Å².